The van der Waals surface area contributed by atoms with Gasteiger partial charge in [-0.15, -0.1) is 0 Å². The van der Waals surface area contributed by atoms with Crippen LogP contribution >= 0.6 is 0 Å². The van der Waals surface area contributed by atoms with Crippen LogP contribution in [0.4, 0.5) is 5.82 Å². The van der Waals surface area contributed by atoms with Crippen molar-refractivity contribution in [2.75, 3.05) is 11.8 Å². The Kier molecular flexibility index (Phi) is 4.98. The van der Waals surface area contributed by atoms with Gasteiger partial charge in [-0.1, -0.05) is 43.7 Å². The third-order valence-corrected chi connectivity index (χ3v) is 4.46. The minimum atomic E-state index is -3.61. The molecule has 1 aromatic heterocycles. The summed E-state index contributed by atoms with van der Waals surface area (Å²) in [5.41, 5.74) is 1.85. The van der Waals surface area contributed by atoms with Crippen molar-refractivity contribution >= 4 is 16.0 Å². The number of nitrogens with zero attached hydrogens (tertiary/aromatic N) is 2. The molecule has 6 nitrogen and oxygen atoms in total. The minimum absolute atomic E-state index is 0.308. The van der Waals surface area contributed by atoms with Crippen LogP contribution in [0, 0.1) is 0 Å². The van der Waals surface area contributed by atoms with Crippen LogP contribution in [0.5, 0.6) is 0 Å². The molecule has 2 N–H and O–H groups in total. The molecule has 0 atom stereocenters. The lowest BCUT2D eigenvalue weighted by Crippen LogP contribution is -2.32. The zero-order valence-electron chi connectivity index (χ0n) is 12.2. The van der Waals surface area contributed by atoms with Gasteiger partial charge in [0.15, 0.2) is 5.82 Å². The summed E-state index contributed by atoms with van der Waals surface area (Å²) < 4.78 is 28.2. The third-order valence-electron chi connectivity index (χ3n) is 3.04. The van der Waals surface area contributed by atoms with Crippen LogP contribution in [0.15, 0.2) is 36.4 Å². The van der Waals surface area contributed by atoms with Crippen molar-refractivity contribution in [3.8, 4) is 0 Å². The van der Waals surface area contributed by atoms with Gasteiger partial charge in [0.1, 0.15) is 0 Å². The molecular formula is C14H20N4O2S. The van der Waals surface area contributed by atoms with Crippen LogP contribution in [-0.2, 0) is 23.2 Å². The SMILES string of the molecule is CCCc1cc(NS(=O)(=O)N(C)Cc2ccccc2)n[nH]1. The van der Waals surface area contributed by atoms with Gasteiger partial charge in [-0.05, 0) is 12.0 Å². The molecule has 0 aliphatic carbocycles. The molecule has 21 heavy (non-hydrogen) atoms. The highest BCUT2D eigenvalue weighted by Gasteiger charge is 2.19. The number of hydrogen-bond acceptors (Lipinski definition) is 3. The first-order valence-corrected chi connectivity index (χ1v) is 8.27. The molecule has 0 radical (unpaired) electrons. The van der Waals surface area contributed by atoms with E-state index in [0.29, 0.717) is 12.4 Å². The maximum absolute atomic E-state index is 12.2. The Labute approximate surface area is 125 Å². The number of aromatic amines is 1. The van der Waals surface area contributed by atoms with Gasteiger partial charge in [-0.3, -0.25) is 9.82 Å². The first kappa shape index (κ1) is 15.5. The average Bonchev–Trinajstić information content (AvgIpc) is 2.87. The number of nitrogens with one attached hydrogen (secondary N) is 2. The molecule has 0 bridgehead atoms. The van der Waals surface area contributed by atoms with Crippen molar-refractivity contribution in [2.24, 2.45) is 0 Å². The van der Waals surface area contributed by atoms with Crippen LogP contribution in [-0.4, -0.2) is 30.0 Å². The van der Waals surface area contributed by atoms with Gasteiger partial charge < -0.3 is 0 Å². The fraction of sp³-hybridized carbons (Fsp3) is 0.357. The second kappa shape index (κ2) is 6.73. The number of aryl methyl sites for hydroxylation is 1. The molecule has 2 rings (SSSR count). The van der Waals surface area contributed by atoms with Crippen molar-refractivity contribution in [3.63, 3.8) is 0 Å². The zero-order chi connectivity index (χ0) is 15.3. The summed E-state index contributed by atoms with van der Waals surface area (Å²) in [5.74, 6) is 0.318. The Morgan fingerprint density at radius 1 is 1.29 bits per heavy atom. The number of anilines is 1. The maximum atomic E-state index is 12.2. The number of hydrogen-bond donors (Lipinski definition) is 2. The van der Waals surface area contributed by atoms with Gasteiger partial charge in [0.2, 0.25) is 0 Å². The van der Waals surface area contributed by atoms with Crippen LogP contribution in [0.1, 0.15) is 24.6 Å². The summed E-state index contributed by atoms with van der Waals surface area (Å²) in [4.78, 5) is 0. The highest BCUT2D eigenvalue weighted by molar-refractivity contribution is 7.90. The first-order valence-electron chi connectivity index (χ1n) is 6.83. The van der Waals surface area contributed by atoms with E-state index in [1.54, 1.807) is 6.07 Å². The van der Waals surface area contributed by atoms with Crippen molar-refractivity contribution in [1.82, 2.24) is 14.5 Å². The first-order chi connectivity index (χ1) is 10.0. The van der Waals surface area contributed by atoms with Gasteiger partial charge in [0.25, 0.3) is 0 Å². The van der Waals surface area contributed by atoms with Crippen molar-refractivity contribution < 1.29 is 8.42 Å². The van der Waals surface area contributed by atoms with E-state index in [1.165, 1.54) is 11.4 Å². The van der Waals surface area contributed by atoms with Crippen LogP contribution in [0.25, 0.3) is 0 Å². The average molecular weight is 308 g/mol. The molecule has 0 amide bonds. The summed E-state index contributed by atoms with van der Waals surface area (Å²) in [6, 6.07) is 11.2. The zero-order valence-corrected chi connectivity index (χ0v) is 13.0. The maximum Gasteiger partial charge on any atom is 0.302 e. The van der Waals surface area contributed by atoms with Crippen molar-refractivity contribution in [2.45, 2.75) is 26.3 Å². The fourth-order valence-electron chi connectivity index (χ4n) is 1.95. The van der Waals surface area contributed by atoms with E-state index in [-0.39, 0.29) is 0 Å². The summed E-state index contributed by atoms with van der Waals surface area (Å²) in [5, 5.41) is 6.79. The van der Waals surface area contributed by atoms with Crippen LogP contribution < -0.4 is 4.72 Å². The number of aromatic nitrogens is 2. The van der Waals surface area contributed by atoms with E-state index in [9.17, 15) is 8.42 Å². The second-order valence-electron chi connectivity index (χ2n) is 4.88. The minimum Gasteiger partial charge on any atom is -0.280 e. The lowest BCUT2D eigenvalue weighted by molar-refractivity contribution is 0.471. The van der Waals surface area contributed by atoms with Gasteiger partial charge in [-0.25, -0.2) is 0 Å². The normalized spacial score (nSPS) is 11.8. The number of benzene rings is 1. The molecule has 0 aliphatic rings. The molecule has 1 aromatic carbocycles. The smallest absolute Gasteiger partial charge is 0.280 e. The van der Waals surface area contributed by atoms with E-state index >= 15 is 0 Å². The van der Waals surface area contributed by atoms with Gasteiger partial charge in [-0.2, -0.15) is 17.8 Å². The fourth-order valence-corrected chi connectivity index (χ4v) is 2.79. The summed E-state index contributed by atoms with van der Waals surface area (Å²) >= 11 is 0. The molecular weight excluding hydrogens is 288 g/mol. The Bertz CT molecular complexity index is 667. The van der Waals surface area contributed by atoms with Crippen LogP contribution in [0.2, 0.25) is 0 Å². The molecule has 0 aliphatic heterocycles. The summed E-state index contributed by atoms with van der Waals surface area (Å²) in [6.45, 7) is 2.36. The summed E-state index contributed by atoms with van der Waals surface area (Å²) in [7, 11) is -2.08. The molecule has 0 saturated carbocycles. The Balaban J connectivity index is 2.03. The van der Waals surface area contributed by atoms with E-state index in [4.69, 9.17) is 0 Å². The van der Waals surface area contributed by atoms with Crippen LogP contribution in [0.3, 0.4) is 0 Å². The predicted octanol–water partition coefficient (Wildman–Crippen LogP) is 2.15. The van der Waals surface area contributed by atoms with Gasteiger partial charge in [0, 0.05) is 25.4 Å². The molecule has 7 heteroatoms. The van der Waals surface area contributed by atoms with Crippen molar-refractivity contribution in [1.29, 1.82) is 0 Å². The second-order valence-corrected chi connectivity index (χ2v) is 6.65. The predicted molar refractivity (Wildman–Crippen MR) is 83.0 cm³/mol. The van der Waals surface area contributed by atoms with E-state index < -0.39 is 10.2 Å². The van der Waals surface area contributed by atoms with E-state index in [2.05, 4.69) is 21.8 Å². The molecule has 2 aromatic rings. The van der Waals surface area contributed by atoms with E-state index in [0.717, 1.165) is 24.1 Å². The molecule has 0 unspecified atom stereocenters. The quantitative estimate of drug-likeness (QED) is 0.822. The molecule has 0 fully saturated rings. The highest BCUT2D eigenvalue weighted by Crippen LogP contribution is 2.12. The molecule has 114 valence electrons. The monoisotopic (exact) mass is 308 g/mol. The Morgan fingerprint density at radius 2 is 2.00 bits per heavy atom. The highest BCUT2D eigenvalue weighted by atomic mass is 32.2. The third kappa shape index (κ3) is 4.30. The molecule has 0 saturated heterocycles. The van der Waals surface area contributed by atoms with E-state index in [1.807, 2.05) is 30.3 Å². The van der Waals surface area contributed by atoms with Gasteiger partial charge >= 0.3 is 10.2 Å². The molecule has 0 spiro atoms. The lowest BCUT2D eigenvalue weighted by atomic mass is 10.2. The standard InChI is InChI=1S/C14H20N4O2S/c1-3-7-13-10-14(16-15-13)17-21(19,20)18(2)11-12-8-5-4-6-9-12/h4-6,8-10H,3,7,11H2,1-2H3,(H2,15,16,17). The Morgan fingerprint density at radius 3 is 2.67 bits per heavy atom. The number of H-pyrrole nitrogens is 1. The number of rotatable bonds is 7. The Hall–Kier alpha value is -1.86. The topological polar surface area (TPSA) is 78.1 Å². The van der Waals surface area contributed by atoms with Crippen molar-refractivity contribution in [3.05, 3.63) is 47.7 Å². The molecule has 1 heterocycles. The lowest BCUT2D eigenvalue weighted by Gasteiger charge is -2.17. The summed E-state index contributed by atoms with van der Waals surface area (Å²) in [6.07, 6.45) is 1.82. The van der Waals surface area contributed by atoms with Gasteiger partial charge in [0.05, 0.1) is 0 Å². The largest absolute Gasteiger partial charge is 0.302 e.